The summed E-state index contributed by atoms with van der Waals surface area (Å²) in [4.78, 5) is 11.8. The maximum absolute atomic E-state index is 11.8. The summed E-state index contributed by atoms with van der Waals surface area (Å²) >= 11 is 3.46. The number of nitrogens with two attached hydrogens (primary N) is 1. The van der Waals surface area contributed by atoms with Crippen LogP contribution >= 0.6 is 28.3 Å². The molecule has 3 N–H and O–H groups in total. The van der Waals surface area contributed by atoms with Crippen molar-refractivity contribution < 1.29 is 4.79 Å². The smallest absolute Gasteiger partial charge is 0.220 e. The minimum Gasteiger partial charge on any atom is -0.353 e. The van der Waals surface area contributed by atoms with E-state index in [-0.39, 0.29) is 24.4 Å². The van der Waals surface area contributed by atoms with Crippen LogP contribution in [0.1, 0.15) is 44.6 Å². The summed E-state index contributed by atoms with van der Waals surface area (Å²) in [6.45, 7) is 2.79. The van der Waals surface area contributed by atoms with Gasteiger partial charge in [-0.1, -0.05) is 40.9 Å². The lowest BCUT2D eigenvalue weighted by Crippen LogP contribution is -2.33. The highest BCUT2D eigenvalue weighted by Gasteiger charge is 2.08. The lowest BCUT2D eigenvalue weighted by Gasteiger charge is -2.14. The van der Waals surface area contributed by atoms with Crippen LogP contribution < -0.4 is 11.1 Å². The van der Waals surface area contributed by atoms with E-state index in [2.05, 4.69) is 33.4 Å². The van der Waals surface area contributed by atoms with Crippen LogP contribution in [0.15, 0.2) is 28.7 Å². The number of rotatable bonds is 9. The van der Waals surface area contributed by atoms with Crippen LogP contribution in [-0.2, 0) is 11.2 Å². The van der Waals surface area contributed by atoms with E-state index in [9.17, 15) is 4.79 Å². The summed E-state index contributed by atoms with van der Waals surface area (Å²) in [5.74, 6) is 0.153. The van der Waals surface area contributed by atoms with Gasteiger partial charge in [-0.15, -0.1) is 12.4 Å². The monoisotopic (exact) mass is 376 g/mol. The number of benzene rings is 1. The second kappa shape index (κ2) is 12.0. The number of hydrogen-bond acceptors (Lipinski definition) is 2. The van der Waals surface area contributed by atoms with Gasteiger partial charge in [0.1, 0.15) is 0 Å². The van der Waals surface area contributed by atoms with Crippen molar-refractivity contribution in [3.63, 3.8) is 0 Å². The molecule has 0 bridgehead atoms. The minimum absolute atomic E-state index is 0. The molecule has 1 atom stereocenters. The van der Waals surface area contributed by atoms with Crippen molar-refractivity contribution in [2.75, 3.05) is 6.54 Å². The second-order valence-electron chi connectivity index (χ2n) is 5.26. The van der Waals surface area contributed by atoms with Crippen molar-refractivity contribution in [2.45, 2.75) is 51.5 Å². The molecule has 0 aliphatic rings. The zero-order valence-electron chi connectivity index (χ0n) is 12.6. The van der Waals surface area contributed by atoms with Crippen LogP contribution in [0.4, 0.5) is 0 Å². The van der Waals surface area contributed by atoms with E-state index in [0.29, 0.717) is 6.42 Å². The minimum atomic E-state index is 0. The maximum Gasteiger partial charge on any atom is 0.220 e. The predicted molar refractivity (Wildman–Crippen MR) is 94.8 cm³/mol. The first-order chi connectivity index (χ1) is 9.61. The first-order valence-electron chi connectivity index (χ1n) is 7.35. The molecule has 5 heteroatoms. The Labute approximate surface area is 142 Å². The third-order valence-electron chi connectivity index (χ3n) is 3.20. The van der Waals surface area contributed by atoms with Gasteiger partial charge in [0, 0.05) is 16.9 Å². The largest absolute Gasteiger partial charge is 0.353 e. The van der Waals surface area contributed by atoms with Crippen molar-refractivity contribution >= 4 is 34.2 Å². The van der Waals surface area contributed by atoms with Gasteiger partial charge in [0.05, 0.1) is 0 Å². The van der Waals surface area contributed by atoms with Gasteiger partial charge in [0.15, 0.2) is 0 Å². The Kier molecular flexibility index (Phi) is 11.7. The Balaban J connectivity index is 0.00000400. The average Bonchev–Trinajstić information content (AvgIpc) is 2.38. The molecule has 0 aromatic heterocycles. The van der Waals surface area contributed by atoms with Crippen LogP contribution in [0, 0.1) is 0 Å². The van der Waals surface area contributed by atoms with Gasteiger partial charge < -0.3 is 11.1 Å². The SMILES string of the molecule is CC(Cc1cccc(Br)c1)NC(=O)CCCCCCN.Cl. The van der Waals surface area contributed by atoms with Crippen molar-refractivity contribution in [1.29, 1.82) is 0 Å². The highest BCUT2D eigenvalue weighted by molar-refractivity contribution is 9.10. The van der Waals surface area contributed by atoms with Crippen LogP contribution in [0.25, 0.3) is 0 Å². The Bertz CT molecular complexity index is 415. The predicted octanol–water partition coefficient (Wildman–Crippen LogP) is 3.83. The fraction of sp³-hybridized carbons (Fsp3) is 0.562. The molecule has 0 fully saturated rings. The molecule has 3 nitrogen and oxygen atoms in total. The Hall–Kier alpha value is -0.580. The fourth-order valence-corrected chi connectivity index (χ4v) is 2.65. The molecule has 21 heavy (non-hydrogen) atoms. The molecule has 0 spiro atoms. The van der Waals surface area contributed by atoms with E-state index < -0.39 is 0 Å². The van der Waals surface area contributed by atoms with Crippen LogP contribution in [-0.4, -0.2) is 18.5 Å². The number of carbonyl (C=O) groups excluding carboxylic acids is 1. The van der Waals surface area contributed by atoms with Crippen molar-refractivity contribution in [3.05, 3.63) is 34.3 Å². The summed E-state index contributed by atoms with van der Waals surface area (Å²) in [5, 5.41) is 3.06. The molecule has 1 rings (SSSR count). The number of nitrogens with one attached hydrogen (secondary N) is 1. The summed E-state index contributed by atoms with van der Waals surface area (Å²) in [5.41, 5.74) is 6.67. The maximum atomic E-state index is 11.8. The summed E-state index contributed by atoms with van der Waals surface area (Å²) in [7, 11) is 0. The summed E-state index contributed by atoms with van der Waals surface area (Å²) in [6.07, 6.45) is 5.70. The molecular formula is C16H26BrClN2O. The van der Waals surface area contributed by atoms with Crippen molar-refractivity contribution in [3.8, 4) is 0 Å². The molecule has 0 aliphatic carbocycles. The molecule has 120 valence electrons. The Morgan fingerprint density at radius 2 is 2.00 bits per heavy atom. The molecule has 1 amide bonds. The topological polar surface area (TPSA) is 55.1 Å². The number of unbranched alkanes of at least 4 members (excludes halogenated alkanes) is 3. The average molecular weight is 378 g/mol. The van der Waals surface area contributed by atoms with E-state index in [0.717, 1.165) is 43.1 Å². The third-order valence-corrected chi connectivity index (χ3v) is 3.69. The molecule has 1 unspecified atom stereocenters. The third kappa shape index (κ3) is 9.88. The summed E-state index contributed by atoms with van der Waals surface area (Å²) in [6, 6.07) is 8.37. The quantitative estimate of drug-likeness (QED) is 0.643. The van der Waals surface area contributed by atoms with Gasteiger partial charge in [-0.25, -0.2) is 0 Å². The van der Waals surface area contributed by atoms with E-state index >= 15 is 0 Å². The molecule has 0 saturated carbocycles. The Morgan fingerprint density at radius 1 is 1.29 bits per heavy atom. The van der Waals surface area contributed by atoms with Gasteiger partial charge in [0.2, 0.25) is 5.91 Å². The molecule has 1 aromatic carbocycles. The van der Waals surface area contributed by atoms with E-state index in [1.165, 1.54) is 5.56 Å². The normalized spacial score (nSPS) is 11.6. The molecule has 0 radical (unpaired) electrons. The van der Waals surface area contributed by atoms with Gasteiger partial charge in [-0.05, 0) is 50.4 Å². The highest BCUT2D eigenvalue weighted by Crippen LogP contribution is 2.13. The molecule has 1 aromatic rings. The molecular weight excluding hydrogens is 352 g/mol. The van der Waals surface area contributed by atoms with Crippen LogP contribution in [0.5, 0.6) is 0 Å². The molecule has 0 heterocycles. The fourth-order valence-electron chi connectivity index (χ4n) is 2.20. The van der Waals surface area contributed by atoms with Crippen molar-refractivity contribution in [2.24, 2.45) is 5.73 Å². The van der Waals surface area contributed by atoms with Crippen LogP contribution in [0.3, 0.4) is 0 Å². The number of halogens is 2. The molecule has 0 saturated heterocycles. The van der Waals surface area contributed by atoms with Crippen LogP contribution in [0.2, 0.25) is 0 Å². The first-order valence-corrected chi connectivity index (χ1v) is 8.15. The van der Waals surface area contributed by atoms with Gasteiger partial charge in [-0.3, -0.25) is 4.79 Å². The van der Waals surface area contributed by atoms with E-state index in [4.69, 9.17) is 5.73 Å². The van der Waals surface area contributed by atoms with E-state index in [1.54, 1.807) is 0 Å². The van der Waals surface area contributed by atoms with Gasteiger partial charge in [-0.2, -0.15) is 0 Å². The Morgan fingerprint density at radius 3 is 2.67 bits per heavy atom. The zero-order chi connectivity index (χ0) is 14.8. The van der Waals surface area contributed by atoms with E-state index in [1.807, 2.05) is 19.1 Å². The second-order valence-corrected chi connectivity index (χ2v) is 6.17. The highest BCUT2D eigenvalue weighted by atomic mass is 79.9. The van der Waals surface area contributed by atoms with Gasteiger partial charge >= 0.3 is 0 Å². The van der Waals surface area contributed by atoms with Gasteiger partial charge in [0.25, 0.3) is 0 Å². The standard InChI is InChI=1S/C16H25BrN2O.ClH/c1-13(11-14-7-6-8-15(17)12-14)19-16(20)9-4-2-3-5-10-18;/h6-8,12-13H,2-5,9-11,18H2,1H3,(H,19,20);1H. The number of carbonyl (C=O) groups is 1. The zero-order valence-corrected chi connectivity index (χ0v) is 15.0. The molecule has 0 aliphatic heterocycles. The summed E-state index contributed by atoms with van der Waals surface area (Å²) < 4.78 is 1.08. The number of amides is 1. The first kappa shape index (κ1) is 20.4. The number of hydrogen-bond donors (Lipinski definition) is 2. The lowest BCUT2D eigenvalue weighted by molar-refractivity contribution is -0.121. The lowest BCUT2D eigenvalue weighted by atomic mass is 10.1. The van der Waals surface area contributed by atoms with Crippen molar-refractivity contribution in [1.82, 2.24) is 5.32 Å².